The molecule has 4 heteroatoms. The molecule has 1 aromatic carbocycles. The van der Waals surface area contributed by atoms with E-state index in [1.165, 1.54) is 6.07 Å². The van der Waals surface area contributed by atoms with Crippen LogP contribution in [0.25, 0.3) is 0 Å². The van der Waals surface area contributed by atoms with Crippen LogP contribution < -0.4 is 0 Å². The molecule has 1 aromatic rings. The van der Waals surface area contributed by atoms with Crippen LogP contribution in [-0.4, -0.2) is 17.7 Å². The first kappa shape index (κ1) is 13.0. The number of hydrogen-bond acceptors (Lipinski definition) is 4. The van der Waals surface area contributed by atoms with E-state index in [9.17, 15) is 9.90 Å². The van der Waals surface area contributed by atoms with Crippen LogP contribution in [0.2, 0.25) is 0 Å². The molecular weight excluding hydrogens is 218 g/mol. The highest BCUT2D eigenvalue weighted by molar-refractivity contribution is 5.73. The molecule has 4 nitrogen and oxygen atoms in total. The molecule has 0 spiro atoms. The van der Waals surface area contributed by atoms with Crippen molar-refractivity contribution < 1.29 is 14.6 Å². The lowest BCUT2D eigenvalue weighted by atomic mass is 9.99. The average Bonchev–Trinajstić information content (AvgIpc) is 2.29. The zero-order valence-corrected chi connectivity index (χ0v) is 9.99. The van der Waals surface area contributed by atoms with Crippen molar-refractivity contribution in [3.63, 3.8) is 0 Å². The highest BCUT2D eigenvalue weighted by Crippen LogP contribution is 2.23. The maximum atomic E-state index is 11.4. The highest BCUT2D eigenvalue weighted by Gasteiger charge is 2.12. The summed E-state index contributed by atoms with van der Waals surface area (Å²) in [4.78, 5) is 11.4. The molecule has 0 amide bonds. The normalized spacial score (nSPS) is 9.71. The van der Waals surface area contributed by atoms with Gasteiger partial charge in [0, 0.05) is 0 Å². The van der Waals surface area contributed by atoms with Crippen molar-refractivity contribution in [3.8, 4) is 11.8 Å². The topological polar surface area (TPSA) is 70.3 Å². The van der Waals surface area contributed by atoms with Gasteiger partial charge in [-0.15, -0.1) is 0 Å². The van der Waals surface area contributed by atoms with E-state index in [0.29, 0.717) is 18.6 Å². The summed E-state index contributed by atoms with van der Waals surface area (Å²) in [6.07, 6.45) is 0.819. The third-order valence-corrected chi connectivity index (χ3v) is 2.46. The largest absolute Gasteiger partial charge is 0.507 e. The van der Waals surface area contributed by atoms with Gasteiger partial charge in [-0.3, -0.25) is 4.79 Å². The number of nitriles is 1. The van der Waals surface area contributed by atoms with Crippen molar-refractivity contribution in [2.75, 3.05) is 6.61 Å². The van der Waals surface area contributed by atoms with E-state index < -0.39 is 0 Å². The summed E-state index contributed by atoms with van der Waals surface area (Å²) < 4.78 is 4.86. The SMILES string of the molecule is CCOC(=O)Cc1cc(O)c(C#N)cc1CC. The molecule has 0 bridgehead atoms. The molecular formula is C13H15NO3. The fraction of sp³-hybridized carbons (Fsp3) is 0.385. The summed E-state index contributed by atoms with van der Waals surface area (Å²) in [6, 6.07) is 4.99. The Hall–Kier alpha value is -2.02. The maximum absolute atomic E-state index is 11.4. The first-order chi connectivity index (χ1) is 8.12. The molecule has 1 N–H and O–H groups in total. The fourth-order valence-electron chi connectivity index (χ4n) is 1.63. The third kappa shape index (κ3) is 3.22. The van der Waals surface area contributed by atoms with E-state index in [0.717, 1.165) is 5.56 Å². The Morgan fingerprint density at radius 1 is 1.41 bits per heavy atom. The molecule has 0 atom stereocenters. The van der Waals surface area contributed by atoms with Gasteiger partial charge in [-0.25, -0.2) is 0 Å². The number of hydrogen-bond donors (Lipinski definition) is 1. The molecule has 0 saturated heterocycles. The smallest absolute Gasteiger partial charge is 0.310 e. The number of phenols is 1. The monoisotopic (exact) mass is 233 g/mol. The standard InChI is InChI=1S/C13H15NO3/c1-3-9-5-11(8-14)12(15)6-10(9)7-13(16)17-4-2/h5-6,15H,3-4,7H2,1-2H3. The number of aromatic hydroxyl groups is 1. The molecule has 0 heterocycles. The number of ether oxygens (including phenoxy) is 1. The van der Waals surface area contributed by atoms with Crippen molar-refractivity contribution in [2.24, 2.45) is 0 Å². The van der Waals surface area contributed by atoms with Gasteiger partial charge < -0.3 is 9.84 Å². The summed E-state index contributed by atoms with van der Waals surface area (Å²) in [6.45, 7) is 4.01. The quantitative estimate of drug-likeness (QED) is 0.807. The number of rotatable bonds is 4. The lowest BCUT2D eigenvalue weighted by Gasteiger charge is -2.09. The minimum Gasteiger partial charge on any atom is -0.507 e. The highest BCUT2D eigenvalue weighted by atomic mass is 16.5. The number of aryl methyl sites for hydroxylation is 1. The Balaban J connectivity index is 3.03. The molecule has 17 heavy (non-hydrogen) atoms. The van der Waals surface area contributed by atoms with E-state index in [1.807, 2.05) is 13.0 Å². The van der Waals surface area contributed by atoms with Crippen LogP contribution in [0, 0.1) is 11.3 Å². The van der Waals surface area contributed by atoms with Gasteiger partial charge in [-0.05, 0) is 36.6 Å². The minimum atomic E-state index is -0.327. The van der Waals surface area contributed by atoms with Crippen molar-refractivity contribution >= 4 is 5.97 Å². The number of carbonyl (C=O) groups is 1. The summed E-state index contributed by atoms with van der Waals surface area (Å²) in [5.41, 5.74) is 1.82. The molecule has 0 aliphatic rings. The van der Waals surface area contributed by atoms with Gasteiger partial charge in [0.15, 0.2) is 0 Å². The first-order valence-electron chi connectivity index (χ1n) is 5.52. The van der Waals surface area contributed by atoms with Gasteiger partial charge in [0.2, 0.25) is 0 Å². The molecule has 1 rings (SSSR count). The average molecular weight is 233 g/mol. The molecule has 0 saturated carbocycles. The van der Waals surface area contributed by atoms with Crippen LogP contribution in [-0.2, 0) is 22.4 Å². The van der Waals surface area contributed by atoms with Gasteiger partial charge in [-0.2, -0.15) is 5.26 Å². The van der Waals surface area contributed by atoms with Crippen molar-refractivity contribution in [2.45, 2.75) is 26.7 Å². The van der Waals surface area contributed by atoms with Crippen molar-refractivity contribution in [1.29, 1.82) is 5.26 Å². The first-order valence-corrected chi connectivity index (χ1v) is 5.52. The van der Waals surface area contributed by atoms with Gasteiger partial charge >= 0.3 is 5.97 Å². The van der Waals surface area contributed by atoms with E-state index in [2.05, 4.69) is 0 Å². The maximum Gasteiger partial charge on any atom is 0.310 e. The molecule has 0 aromatic heterocycles. The third-order valence-electron chi connectivity index (χ3n) is 2.46. The summed E-state index contributed by atoms with van der Waals surface area (Å²) in [5, 5.41) is 18.4. The molecule has 0 aliphatic carbocycles. The Morgan fingerprint density at radius 3 is 2.65 bits per heavy atom. The molecule has 0 fully saturated rings. The second-order valence-corrected chi connectivity index (χ2v) is 3.59. The number of benzene rings is 1. The molecule has 90 valence electrons. The van der Waals surface area contributed by atoms with Crippen molar-refractivity contribution in [1.82, 2.24) is 0 Å². The minimum absolute atomic E-state index is 0.0935. The van der Waals surface area contributed by atoms with Crippen molar-refractivity contribution in [3.05, 3.63) is 28.8 Å². The fourth-order valence-corrected chi connectivity index (χ4v) is 1.63. The number of esters is 1. The zero-order valence-electron chi connectivity index (χ0n) is 9.99. The summed E-state index contributed by atoms with van der Waals surface area (Å²) in [7, 11) is 0. The van der Waals surface area contributed by atoms with E-state index in [4.69, 9.17) is 10.00 Å². The summed E-state index contributed by atoms with van der Waals surface area (Å²) >= 11 is 0. The Labute approximate surface area is 100 Å². The van der Waals surface area contributed by atoms with Crippen LogP contribution in [0.4, 0.5) is 0 Å². The van der Waals surface area contributed by atoms with Crippen LogP contribution in [0.1, 0.15) is 30.5 Å². The predicted molar refractivity (Wildman–Crippen MR) is 62.5 cm³/mol. The second-order valence-electron chi connectivity index (χ2n) is 3.59. The van der Waals surface area contributed by atoms with E-state index >= 15 is 0 Å². The van der Waals surface area contributed by atoms with E-state index in [-0.39, 0.29) is 23.7 Å². The van der Waals surface area contributed by atoms with Gasteiger partial charge in [0.05, 0.1) is 18.6 Å². The van der Waals surface area contributed by atoms with Crippen LogP contribution in [0.3, 0.4) is 0 Å². The van der Waals surface area contributed by atoms with Crippen LogP contribution in [0.15, 0.2) is 12.1 Å². The van der Waals surface area contributed by atoms with Gasteiger partial charge in [-0.1, -0.05) is 6.92 Å². The molecule has 0 aliphatic heterocycles. The Kier molecular flexibility index (Phi) is 4.53. The number of phenolic OH excluding ortho intramolecular Hbond substituents is 1. The van der Waals surface area contributed by atoms with Crippen LogP contribution in [0.5, 0.6) is 5.75 Å². The summed E-state index contributed by atoms with van der Waals surface area (Å²) in [5.74, 6) is -0.421. The van der Waals surface area contributed by atoms with Gasteiger partial charge in [0.25, 0.3) is 0 Å². The second kappa shape index (κ2) is 5.90. The Morgan fingerprint density at radius 2 is 2.12 bits per heavy atom. The zero-order chi connectivity index (χ0) is 12.8. The number of nitrogens with zero attached hydrogens (tertiary/aromatic N) is 1. The Bertz CT molecular complexity index is 460. The lowest BCUT2D eigenvalue weighted by molar-refractivity contribution is -0.142. The molecule has 0 unspecified atom stereocenters. The lowest BCUT2D eigenvalue weighted by Crippen LogP contribution is -2.09. The molecule has 0 radical (unpaired) electrons. The van der Waals surface area contributed by atoms with Crippen LogP contribution >= 0.6 is 0 Å². The number of carbonyl (C=O) groups excluding carboxylic acids is 1. The van der Waals surface area contributed by atoms with Gasteiger partial charge in [0.1, 0.15) is 11.8 Å². The predicted octanol–water partition coefficient (Wildman–Crippen LogP) is 1.93. The van der Waals surface area contributed by atoms with E-state index in [1.54, 1.807) is 13.0 Å².